The van der Waals surface area contributed by atoms with Gasteiger partial charge < -0.3 is 10.8 Å². The highest BCUT2D eigenvalue weighted by atomic mass is 16.3. The topological polar surface area (TPSA) is 76.2 Å². The van der Waals surface area contributed by atoms with Gasteiger partial charge in [-0.2, -0.15) is 0 Å². The minimum absolute atomic E-state index is 0.390. The molecule has 0 saturated carbocycles. The monoisotopic (exact) mass is 216 g/mol. The zero-order valence-electron chi connectivity index (χ0n) is 8.84. The number of para-hydroxylation sites is 1. The van der Waals surface area contributed by atoms with Crippen LogP contribution in [0.4, 0.5) is 0 Å². The van der Waals surface area contributed by atoms with Crippen LogP contribution in [-0.4, -0.2) is 16.0 Å². The van der Waals surface area contributed by atoms with Crippen molar-refractivity contribution >= 4 is 16.8 Å². The average molecular weight is 216 g/mol. The lowest BCUT2D eigenvalue weighted by atomic mass is 10.1. The molecule has 4 nitrogen and oxygen atoms in total. The van der Waals surface area contributed by atoms with Crippen molar-refractivity contribution in [2.45, 2.75) is 13.0 Å². The SMILES string of the molecule is C[C@H](O)c1cc(C(N)=O)c2ccccc2n1. The molecule has 1 heterocycles. The number of hydrogen-bond donors (Lipinski definition) is 2. The zero-order valence-corrected chi connectivity index (χ0v) is 8.84. The van der Waals surface area contributed by atoms with Gasteiger partial charge >= 0.3 is 0 Å². The lowest BCUT2D eigenvalue weighted by molar-refractivity contribution is 0.100. The Bertz CT molecular complexity index is 550. The molecule has 1 aromatic carbocycles. The van der Waals surface area contributed by atoms with E-state index in [-0.39, 0.29) is 0 Å². The number of carbonyl (C=O) groups is 1. The maximum absolute atomic E-state index is 11.3. The molecule has 4 heteroatoms. The van der Waals surface area contributed by atoms with E-state index in [1.54, 1.807) is 19.1 Å². The summed E-state index contributed by atoms with van der Waals surface area (Å²) in [6.07, 6.45) is -0.720. The summed E-state index contributed by atoms with van der Waals surface area (Å²) in [6, 6.07) is 8.75. The molecule has 0 fully saturated rings. The molecule has 1 atom stereocenters. The molecule has 0 aliphatic carbocycles. The lowest BCUT2D eigenvalue weighted by Crippen LogP contribution is -2.13. The number of carbonyl (C=O) groups excluding carboxylic acids is 1. The standard InChI is InChI=1S/C12H12N2O2/c1-7(15)11-6-9(12(13)16)8-4-2-3-5-10(8)14-11/h2-7,15H,1H3,(H2,13,16)/t7-/m0/s1. The van der Waals surface area contributed by atoms with Crippen LogP contribution in [-0.2, 0) is 0 Å². The predicted molar refractivity (Wildman–Crippen MR) is 60.9 cm³/mol. The van der Waals surface area contributed by atoms with E-state index in [1.165, 1.54) is 6.07 Å². The molecule has 1 aromatic heterocycles. The van der Waals surface area contributed by atoms with Crippen molar-refractivity contribution in [1.29, 1.82) is 0 Å². The Morgan fingerprint density at radius 2 is 2.12 bits per heavy atom. The third-order valence-electron chi connectivity index (χ3n) is 2.43. The van der Waals surface area contributed by atoms with E-state index in [1.807, 2.05) is 12.1 Å². The zero-order chi connectivity index (χ0) is 11.7. The van der Waals surface area contributed by atoms with Crippen molar-refractivity contribution in [2.24, 2.45) is 5.73 Å². The minimum Gasteiger partial charge on any atom is -0.387 e. The van der Waals surface area contributed by atoms with Crippen molar-refractivity contribution in [1.82, 2.24) is 4.98 Å². The van der Waals surface area contributed by atoms with Gasteiger partial charge in [-0.3, -0.25) is 9.78 Å². The Labute approximate surface area is 92.7 Å². The summed E-state index contributed by atoms with van der Waals surface area (Å²) in [6.45, 7) is 1.60. The summed E-state index contributed by atoms with van der Waals surface area (Å²) in [4.78, 5) is 15.6. The molecule has 0 bridgehead atoms. The van der Waals surface area contributed by atoms with E-state index in [9.17, 15) is 9.90 Å². The van der Waals surface area contributed by atoms with E-state index >= 15 is 0 Å². The first-order chi connectivity index (χ1) is 7.59. The second-order valence-corrected chi connectivity index (χ2v) is 3.65. The normalized spacial score (nSPS) is 12.6. The molecule has 0 aliphatic heterocycles. The van der Waals surface area contributed by atoms with Crippen LogP contribution in [0.15, 0.2) is 30.3 Å². The first-order valence-corrected chi connectivity index (χ1v) is 4.97. The number of nitrogens with two attached hydrogens (primary N) is 1. The number of primary amides is 1. The van der Waals surface area contributed by atoms with Crippen LogP contribution < -0.4 is 5.73 Å². The molecule has 3 N–H and O–H groups in total. The molecular formula is C12H12N2O2. The molecule has 0 radical (unpaired) electrons. The lowest BCUT2D eigenvalue weighted by Gasteiger charge is -2.08. The summed E-state index contributed by atoms with van der Waals surface area (Å²) in [5, 5.41) is 10.2. The number of benzene rings is 1. The average Bonchev–Trinajstić information content (AvgIpc) is 2.27. The van der Waals surface area contributed by atoms with Crippen LogP contribution >= 0.6 is 0 Å². The first-order valence-electron chi connectivity index (χ1n) is 4.97. The van der Waals surface area contributed by atoms with Gasteiger partial charge in [0.2, 0.25) is 5.91 Å². The van der Waals surface area contributed by atoms with Crippen molar-refractivity contribution in [3.63, 3.8) is 0 Å². The van der Waals surface area contributed by atoms with E-state index < -0.39 is 12.0 Å². The smallest absolute Gasteiger partial charge is 0.249 e. The van der Waals surface area contributed by atoms with Crippen LogP contribution in [0.25, 0.3) is 10.9 Å². The second kappa shape index (κ2) is 3.90. The van der Waals surface area contributed by atoms with E-state index in [0.29, 0.717) is 22.2 Å². The summed E-state index contributed by atoms with van der Waals surface area (Å²) in [5.41, 5.74) is 6.80. The Hall–Kier alpha value is -1.94. The maximum Gasteiger partial charge on any atom is 0.249 e. The molecule has 16 heavy (non-hydrogen) atoms. The van der Waals surface area contributed by atoms with Gasteiger partial charge in [-0.25, -0.2) is 0 Å². The van der Waals surface area contributed by atoms with Crippen LogP contribution in [0.2, 0.25) is 0 Å². The largest absolute Gasteiger partial charge is 0.387 e. The summed E-state index contributed by atoms with van der Waals surface area (Å²) in [7, 11) is 0. The predicted octanol–water partition coefficient (Wildman–Crippen LogP) is 1.39. The quantitative estimate of drug-likeness (QED) is 0.796. The number of aliphatic hydroxyl groups is 1. The van der Waals surface area contributed by atoms with Gasteiger partial charge in [0.15, 0.2) is 0 Å². The van der Waals surface area contributed by atoms with E-state index in [4.69, 9.17) is 5.73 Å². The highest BCUT2D eigenvalue weighted by Gasteiger charge is 2.12. The van der Waals surface area contributed by atoms with Crippen molar-refractivity contribution in [3.8, 4) is 0 Å². The van der Waals surface area contributed by atoms with Gasteiger partial charge in [0.05, 0.1) is 22.9 Å². The van der Waals surface area contributed by atoms with Gasteiger partial charge in [0, 0.05) is 5.39 Å². The molecule has 0 spiro atoms. The van der Waals surface area contributed by atoms with Crippen LogP contribution in [0, 0.1) is 0 Å². The van der Waals surface area contributed by atoms with Crippen LogP contribution in [0.1, 0.15) is 29.1 Å². The molecular weight excluding hydrogens is 204 g/mol. The number of nitrogens with zero attached hydrogens (tertiary/aromatic N) is 1. The molecule has 82 valence electrons. The van der Waals surface area contributed by atoms with E-state index in [2.05, 4.69) is 4.98 Å². The van der Waals surface area contributed by atoms with Gasteiger partial charge in [-0.15, -0.1) is 0 Å². The Morgan fingerprint density at radius 1 is 1.44 bits per heavy atom. The van der Waals surface area contributed by atoms with E-state index in [0.717, 1.165) is 0 Å². The number of pyridine rings is 1. The molecule has 0 aliphatic rings. The second-order valence-electron chi connectivity index (χ2n) is 3.65. The maximum atomic E-state index is 11.3. The molecule has 0 unspecified atom stereocenters. The Balaban J connectivity index is 2.79. The summed E-state index contributed by atoms with van der Waals surface area (Å²) < 4.78 is 0. The highest BCUT2D eigenvalue weighted by Crippen LogP contribution is 2.20. The number of rotatable bonds is 2. The molecule has 2 aromatic rings. The molecule has 0 saturated heterocycles. The Kier molecular flexibility index (Phi) is 2.58. The third-order valence-corrected chi connectivity index (χ3v) is 2.43. The molecule has 1 amide bonds. The first kappa shape index (κ1) is 10.6. The summed E-state index contributed by atoms with van der Waals surface area (Å²) in [5.74, 6) is -0.513. The number of aliphatic hydroxyl groups excluding tert-OH is 1. The van der Waals surface area contributed by atoms with Crippen molar-refractivity contribution in [2.75, 3.05) is 0 Å². The number of hydrogen-bond acceptors (Lipinski definition) is 3. The van der Waals surface area contributed by atoms with Crippen molar-refractivity contribution < 1.29 is 9.90 Å². The highest BCUT2D eigenvalue weighted by molar-refractivity contribution is 6.05. The molecule has 2 rings (SSSR count). The fourth-order valence-corrected chi connectivity index (χ4v) is 1.61. The number of aromatic nitrogens is 1. The fraction of sp³-hybridized carbons (Fsp3) is 0.167. The number of fused-ring (bicyclic) bond motifs is 1. The van der Waals surface area contributed by atoms with Crippen LogP contribution in [0.5, 0.6) is 0 Å². The van der Waals surface area contributed by atoms with Crippen molar-refractivity contribution in [3.05, 3.63) is 41.6 Å². The minimum atomic E-state index is -0.720. The van der Waals surface area contributed by atoms with Gasteiger partial charge in [-0.05, 0) is 19.1 Å². The third kappa shape index (κ3) is 1.75. The fourth-order valence-electron chi connectivity index (χ4n) is 1.61. The van der Waals surface area contributed by atoms with Gasteiger partial charge in [0.25, 0.3) is 0 Å². The van der Waals surface area contributed by atoms with Gasteiger partial charge in [0.1, 0.15) is 0 Å². The summed E-state index contributed by atoms with van der Waals surface area (Å²) >= 11 is 0. The number of amides is 1. The van der Waals surface area contributed by atoms with Gasteiger partial charge in [-0.1, -0.05) is 18.2 Å². The van der Waals surface area contributed by atoms with Crippen LogP contribution in [0.3, 0.4) is 0 Å². The Morgan fingerprint density at radius 3 is 2.75 bits per heavy atom.